The van der Waals surface area contributed by atoms with Crippen molar-refractivity contribution in [2.24, 2.45) is 0 Å². The Morgan fingerprint density at radius 1 is 1.29 bits per heavy atom. The highest BCUT2D eigenvalue weighted by Crippen LogP contribution is 2.23. The van der Waals surface area contributed by atoms with Gasteiger partial charge in [0.1, 0.15) is 0 Å². The van der Waals surface area contributed by atoms with E-state index in [2.05, 4.69) is 4.72 Å². The Morgan fingerprint density at radius 2 is 2.00 bits per heavy atom. The van der Waals surface area contributed by atoms with Gasteiger partial charge in [0.05, 0.1) is 21.3 Å². The molecule has 2 rings (SSSR count). The van der Waals surface area contributed by atoms with E-state index in [4.69, 9.17) is 17.3 Å². The van der Waals surface area contributed by atoms with Crippen LogP contribution in [0.3, 0.4) is 0 Å². The van der Waals surface area contributed by atoms with Crippen LogP contribution in [0.4, 0.5) is 11.4 Å². The maximum Gasteiger partial charge on any atom is 0.262 e. The summed E-state index contributed by atoms with van der Waals surface area (Å²) in [5, 5.41) is 0.286. The van der Waals surface area contributed by atoms with Crippen molar-refractivity contribution in [3.63, 3.8) is 0 Å². The first-order valence-corrected chi connectivity index (χ1v) is 7.98. The largest absolute Gasteiger partial charge is 0.397 e. The smallest absolute Gasteiger partial charge is 0.262 e. The topological polar surface area (TPSA) is 94.2 Å². The van der Waals surface area contributed by atoms with Crippen LogP contribution in [0.2, 0.25) is 5.02 Å². The zero-order valence-electron chi connectivity index (χ0n) is 11.2. The van der Waals surface area contributed by atoms with Crippen LogP contribution in [0, 0.1) is 0 Å². The maximum atomic E-state index is 12.3. The number of halogens is 1. The number of hydrogen-bond acceptors (Lipinski definition) is 4. The lowest BCUT2D eigenvalue weighted by molar-refractivity contribution is 0.601. The molecule has 21 heavy (non-hydrogen) atoms. The number of sulfonamides is 1. The fourth-order valence-electron chi connectivity index (χ4n) is 1.74. The Bertz CT molecular complexity index is 831. The summed E-state index contributed by atoms with van der Waals surface area (Å²) in [6.45, 7) is 2.24. The first kappa shape index (κ1) is 15.4. The van der Waals surface area contributed by atoms with Crippen molar-refractivity contribution in [1.29, 1.82) is 0 Å². The van der Waals surface area contributed by atoms with Gasteiger partial charge in [-0.25, -0.2) is 8.42 Å². The van der Waals surface area contributed by atoms with Crippen molar-refractivity contribution in [3.8, 4) is 0 Å². The van der Waals surface area contributed by atoms with E-state index in [0.29, 0.717) is 12.2 Å². The molecule has 8 heteroatoms. The van der Waals surface area contributed by atoms with Gasteiger partial charge in [-0.2, -0.15) is 0 Å². The number of nitrogens with zero attached hydrogens (tertiary/aromatic N) is 1. The van der Waals surface area contributed by atoms with Gasteiger partial charge in [-0.15, -0.1) is 0 Å². The normalized spacial score (nSPS) is 11.3. The Hall–Kier alpha value is -1.99. The molecule has 0 radical (unpaired) electrons. The maximum absolute atomic E-state index is 12.3. The number of aromatic nitrogens is 1. The van der Waals surface area contributed by atoms with E-state index in [1.54, 1.807) is 6.92 Å². The lowest BCUT2D eigenvalue weighted by Gasteiger charge is -2.10. The van der Waals surface area contributed by atoms with E-state index >= 15 is 0 Å². The number of pyridine rings is 1. The number of benzene rings is 1. The van der Waals surface area contributed by atoms with Gasteiger partial charge < -0.3 is 10.3 Å². The predicted octanol–water partition coefficient (Wildman–Crippen LogP) is 1.90. The molecule has 1 heterocycles. The molecule has 0 unspecified atom stereocenters. The van der Waals surface area contributed by atoms with Gasteiger partial charge in [-0.1, -0.05) is 11.6 Å². The van der Waals surface area contributed by atoms with E-state index < -0.39 is 10.0 Å². The van der Waals surface area contributed by atoms with Gasteiger partial charge in [0, 0.05) is 18.8 Å². The highest BCUT2D eigenvalue weighted by molar-refractivity contribution is 7.92. The quantitative estimate of drug-likeness (QED) is 0.839. The lowest BCUT2D eigenvalue weighted by Crippen LogP contribution is -2.20. The van der Waals surface area contributed by atoms with Gasteiger partial charge >= 0.3 is 0 Å². The minimum atomic E-state index is -3.79. The van der Waals surface area contributed by atoms with Crippen LogP contribution in [0.15, 0.2) is 46.2 Å². The third-order valence-corrected chi connectivity index (χ3v) is 4.58. The second kappa shape index (κ2) is 5.79. The molecule has 0 fully saturated rings. The van der Waals surface area contributed by atoms with Crippen LogP contribution in [-0.2, 0) is 16.6 Å². The molecule has 1 aromatic carbocycles. The molecule has 6 nitrogen and oxygen atoms in total. The molecule has 1 aromatic heterocycles. The summed E-state index contributed by atoms with van der Waals surface area (Å²) in [6.07, 6.45) is 1.44. The molecule has 3 N–H and O–H groups in total. The number of rotatable bonds is 4. The van der Waals surface area contributed by atoms with Crippen molar-refractivity contribution in [1.82, 2.24) is 4.57 Å². The molecule has 0 saturated heterocycles. The fraction of sp³-hybridized carbons (Fsp3) is 0.154. The average Bonchev–Trinajstić information content (AvgIpc) is 2.43. The standard InChI is InChI=1S/C13H14ClN3O3S/c1-2-17-8-9(3-6-13(17)18)16-21(19,20)10-4-5-11(14)12(15)7-10/h3-8,16H,2,15H2,1H3. The van der Waals surface area contributed by atoms with Gasteiger partial charge in [0.15, 0.2) is 0 Å². The van der Waals surface area contributed by atoms with Gasteiger partial charge in [-0.3, -0.25) is 9.52 Å². The highest BCUT2D eigenvalue weighted by Gasteiger charge is 2.15. The molecular weight excluding hydrogens is 314 g/mol. The molecule has 2 aromatic rings. The van der Waals surface area contributed by atoms with E-state index in [9.17, 15) is 13.2 Å². The predicted molar refractivity (Wildman–Crippen MR) is 83.0 cm³/mol. The molecule has 112 valence electrons. The zero-order valence-corrected chi connectivity index (χ0v) is 12.8. The molecule has 0 amide bonds. The number of nitrogens with one attached hydrogen (secondary N) is 1. The molecule has 0 atom stereocenters. The molecule has 0 aliphatic rings. The van der Waals surface area contributed by atoms with Crippen LogP contribution in [0.5, 0.6) is 0 Å². The van der Waals surface area contributed by atoms with Crippen LogP contribution >= 0.6 is 11.6 Å². The van der Waals surface area contributed by atoms with Crippen LogP contribution in [0.1, 0.15) is 6.92 Å². The van der Waals surface area contributed by atoms with E-state index in [1.807, 2.05) is 0 Å². The van der Waals surface area contributed by atoms with Crippen molar-refractivity contribution >= 4 is 33.0 Å². The SMILES string of the molecule is CCn1cc(NS(=O)(=O)c2ccc(Cl)c(N)c2)ccc1=O. The Labute approximate surface area is 127 Å². The average molecular weight is 328 g/mol. The number of aryl methyl sites for hydroxylation is 1. The molecule has 0 spiro atoms. The minimum Gasteiger partial charge on any atom is -0.397 e. The highest BCUT2D eigenvalue weighted by atomic mass is 35.5. The molecule has 0 aliphatic heterocycles. The second-order valence-electron chi connectivity index (χ2n) is 4.33. The summed E-state index contributed by atoms with van der Waals surface area (Å²) in [6, 6.07) is 6.76. The number of anilines is 2. The summed E-state index contributed by atoms with van der Waals surface area (Å²) >= 11 is 5.77. The number of nitrogen functional groups attached to an aromatic ring is 1. The third kappa shape index (κ3) is 3.37. The van der Waals surface area contributed by atoms with Crippen molar-refractivity contribution in [3.05, 3.63) is 51.9 Å². The summed E-state index contributed by atoms with van der Waals surface area (Å²) in [7, 11) is -3.79. The summed E-state index contributed by atoms with van der Waals surface area (Å²) in [5.41, 5.74) is 5.88. The van der Waals surface area contributed by atoms with Crippen molar-refractivity contribution < 1.29 is 8.42 Å². The zero-order chi connectivity index (χ0) is 15.6. The Balaban J connectivity index is 2.37. The second-order valence-corrected chi connectivity index (χ2v) is 6.42. The van der Waals surface area contributed by atoms with E-state index in [-0.39, 0.29) is 21.2 Å². The summed E-state index contributed by atoms with van der Waals surface area (Å²) < 4.78 is 28.3. The molecule has 0 aliphatic carbocycles. The molecule has 0 bridgehead atoms. The van der Waals surface area contributed by atoms with Crippen LogP contribution in [0.25, 0.3) is 0 Å². The van der Waals surface area contributed by atoms with E-state index in [1.165, 1.54) is 41.1 Å². The van der Waals surface area contributed by atoms with Crippen molar-refractivity contribution in [2.75, 3.05) is 10.5 Å². The summed E-state index contributed by atoms with van der Waals surface area (Å²) in [5.74, 6) is 0. The Kier molecular flexibility index (Phi) is 4.24. The Morgan fingerprint density at radius 3 is 2.62 bits per heavy atom. The van der Waals surface area contributed by atoms with Gasteiger partial charge in [0.2, 0.25) is 0 Å². The van der Waals surface area contributed by atoms with Crippen molar-refractivity contribution in [2.45, 2.75) is 18.4 Å². The van der Waals surface area contributed by atoms with Crippen LogP contribution < -0.4 is 16.0 Å². The molecule has 0 saturated carbocycles. The monoisotopic (exact) mass is 327 g/mol. The fourth-order valence-corrected chi connectivity index (χ4v) is 2.94. The summed E-state index contributed by atoms with van der Waals surface area (Å²) in [4.78, 5) is 11.5. The third-order valence-electron chi connectivity index (χ3n) is 2.85. The first-order chi connectivity index (χ1) is 9.83. The first-order valence-electron chi connectivity index (χ1n) is 6.12. The van der Waals surface area contributed by atoms with E-state index in [0.717, 1.165) is 0 Å². The van der Waals surface area contributed by atoms with Gasteiger partial charge in [0.25, 0.3) is 15.6 Å². The lowest BCUT2D eigenvalue weighted by atomic mass is 10.3. The molecular formula is C13H14ClN3O3S. The minimum absolute atomic E-state index is 0.00125. The number of nitrogens with two attached hydrogens (primary N) is 1. The van der Waals surface area contributed by atoms with Crippen LogP contribution in [-0.4, -0.2) is 13.0 Å². The number of hydrogen-bond donors (Lipinski definition) is 2. The van der Waals surface area contributed by atoms with Gasteiger partial charge in [-0.05, 0) is 31.2 Å².